The zero-order valence-corrected chi connectivity index (χ0v) is 10.8. The molecule has 0 aliphatic rings. The van der Waals surface area contributed by atoms with Gasteiger partial charge in [0.15, 0.2) is 0 Å². The van der Waals surface area contributed by atoms with E-state index in [0.717, 1.165) is 6.42 Å². The smallest absolute Gasteiger partial charge is 0.242 e. The Morgan fingerprint density at radius 1 is 1.59 bits per heavy atom. The van der Waals surface area contributed by atoms with Gasteiger partial charge in [0.2, 0.25) is 5.91 Å². The molecule has 5 nitrogen and oxygen atoms in total. The van der Waals surface area contributed by atoms with Gasteiger partial charge >= 0.3 is 0 Å². The fourth-order valence-electron chi connectivity index (χ4n) is 2.00. The van der Waals surface area contributed by atoms with E-state index in [1.165, 1.54) is 0 Å². The molecule has 0 bridgehead atoms. The van der Waals surface area contributed by atoms with Crippen LogP contribution in [-0.2, 0) is 11.3 Å². The van der Waals surface area contributed by atoms with E-state index in [4.69, 9.17) is 5.73 Å². The Morgan fingerprint density at radius 2 is 2.29 bits per heavy atom. The van der Waals surface area contributed by atoms with E-state index in [2.05, 4.69) is 24.3 Å². The lowest BCUT2D eigenvalue weighted by molar-refractivity contribution is -0.123. The molecular weight excluding hydrogens is 216 g/mol. The number of rotatable bonds is 6. The third-order valence-corrected chi connectivity index (χ3v) is 2.62. The average molecular weight is 238 g/mol. The maximum absolute atomic E-state index is 11.8. The lowest BCUT2D eigenvalue weighted by Gasteiger charge is -2.31. The van der Waals surface area contributed by atoms with Gasteiger partial charge in [0.05, 0.1) is 0 Å². The highest BCUT2D eigenvalue weighted by molar-refractivity contribution is 5.76. The van der Waals surface area contributed by atoms with E-state index in [1.807, 2.05) is 6.92 Å². The molecule has 1 unspecified atom stereocenters. The number of amides is 1. The van der Waals surface area contributed by atoms with Crippen molar-refractivity contribution in [3.8, 4) is 0 Å². The van der Waals surface area contributed by atoms with Gasteiger partial charge in [-0.25, -0.2) is 0 Å². The van der Waals surface area contributed by atoms with Crippen molar-refractivity contribution in [3.63, 3.8) is 0 Å². The predicted octanol–water partition coefficient (Wildman–Crippen LogP) is 0.763. The first-order valence-electron chi connectivity index (χ1n) is 5.94. The van der Waals surface area contributed by atoms with E-state index in [1.54, 1.807) is 23.1 Å². The third-order valence-electron chi connectivity index (χ3n) is 2.62. The van der Waals surface area contributed by atoms with Crippen LogP contribution in [0.4, 0.5) is 0 Å². The van der Waals surface area contributed by atoms with Gasteiger partial charge in [0.25, 0.3) is 0 Å². The van der Waals surface area contributed by atoms with Gasteiger partial charge in [-0.15, -0.1) is 0 Å². The second-order valence-electron chi connectivity index (χ2n) is 5.11. The first-order valence-corrected chi connectivity index (χ1v) is 5.94. The maximum atomic E-state index is 11.8. The minimum atomic E-state index is -0.335. The number of aromatic nitrogens is 2. The summed E-state index contributed by atoms with van der Waals surface area (Å²) in [5.74, 6) is 0.441. The summed E-state index contributed by atoms with van der Waals surface area (Å²) in [4.78, 5) is 11.8. The topological polar surface area (TPSA) is 72.9 Å². The Balaban J connectivity index is 2.53. The van der Waals surface area contributed by atoms with Crippen LogP contribution in [0.3, 0.4) is 0 Å². The van der Waals surface area contributed by atoms with Crippen LogP contribution in [-0.4, -0.2) is 27.8 Å². The van der Waals surface area contributed by atoms with Crippen LogP contribution in [0.1, 0.15) is 27.2 Å². The fourth-order valence-corrected chi connectivity index (χ4v) is 2.00. The van der Waals surface area contributed by atoms with Gasteiger partial charge in [-0.05, 0) is 25.3 Å². The van der Waals surface area contributed by atoms with Gasteiger partial charge in [-0.1, -0.05) is 13.8 Å². The molecule has 0 saturated carbocycles. The molecule has 0 fully saturated rings. The van der Waals surface area contributed by atoms with Crippen LogP contribution in [0.15, 0.2) is 18.5 Å². The summed E-state index contributed by atoms with van der Waals surface area (Å²) in [7, 11) is 0. The normalized spacial score (nSPS) is 14.6. The summed E-state index contributed by atoms with van der Waals surface area (Å²) >= 11 is 0. The van der Waals surface area contributed by atoms with Gasteiger partial charge in [0, 0.05) is 24.5 Å². The van der Waals surface area contributed by atoms with E-state index in [-0.39, 0.29) is 18.0 Å². The Kier molecular flexibility index (Phi) is 4.69. The Labute approximate surface area is 102 Å². The predicted molar refractivity (Wildman–Crippen MR) is 67.3 cm³/mol. The molecular formula is C12H22N4O. The molecule has 0 radical (unpaired) electrons. The van der Waals surface area contributed by atoms with Crippen molar-refractivity contribution in [3.05, 3.63) is 18.5 Å². The number of carbonyl (C=O) groups is 1. The highest BCUT2D eigenvalue weighted by atomic mass is 16.2. The van der Waals surface area contributed by atoms with Crippen LogP contribution in [0, 0.1) is 5.92 Å². The molecule has 3 N–H and O–H groups in total. The standard InChI is InChI=1S/C12H22N4O/c1-10(2)7-12(3,9-13)15-11(17)8-16-6-4-5-14-16/h4-6,10H,7-9,13H2,1-3H3,(H,15,17). The lowest BCUT2D eigenvalue weighted by atomic mass is 9.91. The largest absolute Gasteiger partial charge is 0.348 e. The van der Waals surface area contributed by atoms with Crippen molar-refractivity contribution < 1.29 is 4.79 Å². The van der Waals surface area contributed by atoms with Crippen LogP contribution >= 0.6 is 0 Å². The number of hydrogen-bond donors (Lipinski definition) is 2. The van der Waals surface area contributed by atoms with Crippen LogP contribution in [0.2, 0.25) is 0 Å². The molecule has 1 aromatic heterocycles. The summed E-state index contributed by atoms with van der Waals surface area (Å²) in [6, 6.07) is 1.80. The first-order chi connectivity index (χ1) is 7.95. The minimum absolute atomic E-state index is 0.0534. The van der Waals surface area contributed by atoms with Crippen molar-refractivity contribution in [1.29, 1.82) is 0 Å². The van der Waals surface area contributed by atoms with E-state index in [0.29, 0.717) is 12.5 Å². The Morgan fingerprint density at radius 3 is 2.76 bits per heavy atom. The summed E-state index contributed by atoms with van der Waals surface area (Å²) in [5.41, 5.74) is 5.40. The van der Waals surface area contributed by atoms with Crippen LogP contribution < -0.4 is 11.1 Å². The molecule has 0 aliphatic heterocycles. The SMILES string of the molecule is CC(C)CC(C)(CN)NC(=O)Cn1cccn1. The number of hydrogen-bond acceptors (Lipinski definition) is 3. The summed E-state index contributed by atoms with van der Waals surface area (Å²) in [6.45, 7) is 6.89. The molecule has 0 aliphatic carbocycles. The van der Waals surface area contributed by atoms with E-state index < -0.39 is 0 Å². The van der Waals surface area contributed by atoms with Gasteiger partial charge in [-0.2, -0.15) is 5.10 Å². The molecule has 17 heavy (non-hydrogen) atoms. The van der Waals surface area contributed by atoms with Crippen molar-refractivity contribution in [1.82, 2.24) is 15.1 Å². The van der Waals surface area contributed by atoms with Gasteiger partial charge in [-0.3, -0.25) is 9.48 Å². The van der Waals surface area contributed by atoms with E-state index >= 15 is 0 Å². The Hall–Kier alpha value is -1.36. The molecule has 1 amide bonds. The fraction of sp³-hybridized carbons (Fsp3) is 0.667. The summed E-state index contributed by atoms with van der Waals surface area (Å²) in [6.07, 6.45) is 4.29. The molecule has 5 heteroatoms. The molecule has 0 spiro atoms. The average Bonchev–Trinajstić information content (AvgIpc) is 2.68. The number of nitrogens with one attached hydrogen (secondary N) is 1. The summed E-state index contributed by atoms with van der Waals surface area (Å²) in [5, 5.41) is 6.99. The molecule has 96 valence electrons. The molecule has 1 aromatic rings. The molecule has 1 heterocycles. The number of nitrogens with two attached hydrogens (primary N) is 1. The second kappa shape index (κ2) is 5.82. The highest BCUT2D eigenvalue weighted by Crippen LogP contribution is 2.15. The third kappa shape index (κ3) is 4.56. The van der Waals surface area contributed by atoms with Crippen LogP contribution in [0.25, 0.3) is 0 Å². The van der Waals surface area contributed by atoms with Crippen molar-refractivity contribution in [2.75, 3.05) is 6.54 Å². The van der Waals surface area contributed by atoms with Crippen molar-refractivity contribution in [2.24, 2.45) is 11.7 Å². The minimum Gasteiger partial charge on any atom is -0.348 e. The number of nitrogens with zero attached hydrogens (tertiary/aromatic N) is 2. The second-order valence-corrected chi connectivity index (χ2v) is 5.11. The van der Waals surface area contributed by atoms with Crippen LogP contribution in [0.5, 0.6) is 0 Å². The van der Waals surface area contributed by atoms with E-state index in [9.17, 15) is 4.79 Å². The molecule has 0 aromatic carbocycles. The maximum Gasteiger partial charge on any atom is 0.242 e. The lowest BCUT2D eigenvalue weighted by Crippen LogP contribution is -2.53. The highest BCUT2D eigenvalue weighted by Gasteiger charge is 2.25. The van der Waals surface area contributed by atoms with Crippen molar-refractivity contribution in [2.45, 2.75) is 39.3 Å². The van der Waals surface area contributed by atoms with Crippen molar-refractivity contribution >= 4 is 5.91 Å². The zero-order chi connectivity index (χ0) is 12.9. The zero-order valence-electron chi connectivity index (χ0n) is 10.8. The molecule has 1 rings (SSSR count). The molecule has 1 atom stereocenters. The van der Waals surface area contributed by atoms with Gasteiger partial charge in [0.1, 0.15) is 6.54 Å². The molecule has 0 saturated heterocycles. The Bertz CT molecular complexity index is 347. The first kappa shape index (κ1) is 13.7. The quantitative estimate of drug-likeness (QED) is 0.768. The summed E-state index contributed by atoms with van der Waals surface area (Å²) < 4.78 is 1.60. The van der Waals surface area contributed by atoms with Gasteiger partial charge < -0.3 is 11.1 Å². The number of carbonyl (C=O) groups excluding carboxylic acids is 1. The monoisotopic (exact) mass is 238 g/mol.